The van der Waals surface area contributed by atoms with Crippen LogP contribution in [0.5, 0.6) is 0 Å². The van der Waals surface area contributed by atoms with Crippen LogP contribution in [0.25, 0.3) is 0 Å². The maximum absolute atomic E-state index is 12.3. The second-order valence-electron chi connectivity index (χ2n) is 2.89. The Bertz CT molecular complexity index is 419. The van der Waals surface area contributed by atoms with E-state index < -0.39 is 11.7 Å². The molecule has 0 saturated carbocycles. The van der Waals surface area contributed by atoms with Crippen LogP contribution in [0.3, 0.4) is 0 Å². The summed E-state index contributed by atoms with van der Waals surface area (Å²) in [6.45, 7) is 0. The van der Waals surface area contributed by atoms with E-state index in [-0.39, 0.29) is 11.5 Å². The van der Waals surface area contributed by atoms with Gasteiger partial charge in [0, 0.05) is 0 Å². The quantitative estimate of drug-likeness (QED) is 0.456. The van der Waals surface area contributed by atoms with Crippen molar-refractivity contribution in [2.24, 2.45) is 21.7 Å². The molecular formula is C9H9F3N4. The summed E-state index contributed by atoms with van der Waals surface area (Å²) in [6, 6.07) is 4.66. The molecule has 0 fully saturated rings. The fourth-order valence-corrected chi connectivity index (χ4v) is 0.957. The van der Waals surface area contributed by atoms with Crippen LogP contribution in [0.15, 0.2) is 34.5 Å². The minimum absolute atomic E-state index is 0.261. The average Bonchev–Trinajstić information content (AvgIpc) is 2.16. The van der Waals surface area contributed by atoms with Gasteiger partial charge >= 0.3 is 6.18 Å². The van der Waals surface area contributed by atoms with E-state index in [2.05, 4.69) is 10.2 Å². The van der Waals surface area contributed by atoms with Gasteiger partial charge in [-0.3, -0.25) is 0 Å². The van der Waals surface area contributed by atoms with Crippen LogP contribution in [0.4, 0.5) is 13.2 Å². The number of benzene rings is 1. The van der Waals surface area contributed by atoms with Crippen LogP contribution >= 0.6 is 0 Å². The molecular weight excluding hydrogens is 221 g/mol. The van der Waals surface area contributed by atoms with Crippen molar-refractivity contribution in [3.63, 3.8) is 0 Å². The molecule has 0 aliphatic rings. The van der Waals surface area contributed by atoms with Gasteiger partial charge in [-0.2, -0.15) is 18.3 Å². The van der Waals surface area contributed by atoms with Gasteiger partial charge in [0.1, 0.15) is 0 Å². The third-order valence-electron chi connectivity index (χ3n) is 1.59. The number of nitrogens with zero attached hydrogens (tertiary/aromatic N) is 2. The van der Waals surface area contributed by atoms with E-state index in [9.17, 15) is 13.2 Å². The van der Waals surface area contributed by atoms with Gasteiger partial charge in [0.25, 0.3) is 0 Å². The second kappa shape index (κ2) is 4.65. The fourth-order valence-electron chi connectivity index (χ4n) is 0.957. The molecule has 7 heteroatoms. The first-order valence-electron chi connectivity index (χ1n) is 4.19. The molecule has 0 heterocycles. The number of alkyl halides is 3. The van der Waals surface area contributed by atoms with Crippen LogP contribution in [0.2, 0.25) is 0 Å². The topological polar surface area (TPSA) is 76.8 Å². The maximum atomic E-state index is 12.3. The van der Waals surface area contributed by atoms with Gasteiger partial charge < -0.3 is 11.5 Å². The summed E-state index contributed by atoms with van der Waals surface area (Å²) < 4.78 is 36.9. The van der Waals surface area contributed by atoms with Crippen LogP contribution in [0.1, 0.15) is 11.1 Å². The largest absolute Gasteiger partial charge is 0.416 e. The highest BCUT2D eigenvalue weighted by Gasteiger charge is 2.30. The Morgan fingerprint density at radius 2 is 1.94 bits per heavy atom. The van der Waals surface area contributed by atoms with E-state index in [1.807, 2.05) is 0 Å². The smallest absolute Gasteiger partial charge is 0.369 e. The zero-order valence-corrected chi connectivity index (χ0v) is 8.07. The molecule has 0 unspecified atom stereocenters. The molecule has 16 heavy (non-hydrogen) atoms. The summed E-state index contributed by atoms with van der Waals surface area (Å²) >= 11 is 0. The molecule has 1 aromatic carbocycles. The summed E-state index contributed by atoms with van der Waals surface area (Å²) in [4.78, 5) is 0. The highest BCUT2D eigenvalue weighted by Crippen LogP contribution is 2.29. The second-order valence-corrected chi connectivity index (χ2v) is 2.89. The molecule has 0 saturated heterocycles. The van der Waals surface area contributed by atoms with Crippen molar-refractivity contribution < 1.29 is 13.2 Å². The van der Waals surface area contributed by atoms with Gasteiger partial charge in [-0.25, -0.2) is 0 Å². The monoisotopic (exact) mass is 230 g/mol. The molecule has 0 radical (unpaired) electrons. The first-order chi connectivity index (χ1) is 7.39. The van der Waals surface area contributed by atoms with E-state index in [0.717, 1.165) is 18.3 Å². The lowest BCUT2D eigenvalue weighted by molar-refractivity contribution is -0.137. The maximum Gasteiger partial charge on any atom is 0.416 e. The molecule has 0 atom stereocenters. The summed E-state index contributed by atoms with van der Waals surface area (Å²) in [7, 11) is 0. The van der Waals surface area contributed by atoms with Crippen molar-refractivity contribution in [1.82, 2.24) is 0 Å². The summed E-state index contributed by atoms with van der Waals surface area (Å²) in [5.41, 5.74) is 9.49. The van der Waals surface area contributed by atoms with Crippen LogP contribution in [-0.2, 0) is 6.18 Å². The Morgan fingerprint density at radius 3 is 2.50 bits per heavy atom. The van der Waals surface area contributed by atoms with Gasteiger partial charge in [0.05, 0.1) is 11.8 Å². The third-order valence-corrected chi connectivity index (χ3v) is 1.59. The number of hydrogen-bond donors (Lipinski definition) is 2. The Kier molecular flexibility index (Phi) is 3.49. The molecule has 1 aromatic rings. The van der Waals surface area contributed by atoms with Crippen LogP contribution < -0.4 is 11.5 Å². The third kappa shape index (κ3) is 3.60. The zero-order valence-electron chi connectivity index (χ0n) is 8.07. The predicted molar refractivity (Wildman–Crippen MR) is 54.8 cm³/mol. The van der Waals surface area contributed by atoms with Crippen molar-refractivity contribution in [2.75, 3.05) is 0 Å². The van der Waals surface area contributed by atoms with Crippen molar-refractivity contribution >= 4 is 12.2 Å². The summed E-state index contributed by atoms with van der Waals surface area (Å²) in [6.07, 6.45) is -3.24. The highest BCUT2D eigenvalue weighted by molar-refractivity contribution is 5.81. The molecule has 1 rings (SSSR count). The molecule has 0 aromatic heterocycles. The summed E-state index contributed by atoms with van der Waals surface area (Å²) in [5, 5.41) is 6.68. The van der Waals surface area contributed by atoms with Gasteiger partial charge in [-0.05, 0) is 17.7 Å². The number of nitrogens with two attached hydrogens (primary N) is 2. The van der Waals surface area contributed by atoms with Crippen molar-refractivity contribution in [2.45, 2.75) is 6.18 Å². The Labute approximate surface area is 89.5 Å². The van der Waals surface area contributed by atoms with Crippen molar-refractivity contribution in [1.29, 1.82) is 0 Å². The normalized spacial score (nSPS) is 11.7. The number of hydrogen-bond acceptors (Lipinski definition) is 2. The molecule has 4 N–H and O–H groups in total. The van der Waals surface area contributed by atoms with Gasteiger partial charge in [-0.15, -0.1) is 5.10 Å². The first kappa shape index (κ1) is 12.0. The molecule has 0 aliphatic heterocycles. The van der Waals surface area contributed by atoms with E-state index in [1.165, 1.54) is 12.1 Å². The first-order valence-corrected chi connectivity index (χ1v) is 4.19. The minimum atomic E-state index is -4.37. The Balaban J connectivity index is 2.92. The van der Waals surface area contributed by atoms with E-state index in [4.69, 9.17) is 11.5 Å². The Hall–Kier alpha value is -2.05. The van der Waals surface area contributed by atoms with Crippen LogP contribution in [-0.4, -0.2) is 12.2 Å². The van der Waals surface area contributed by atoms with Crippen molar-refractivity contribution in [3.8, 4) is 0 Å². The molecule has 4 nitrogen and oxygen atoms in total. The predicted octanol–water partition coefficient (Wildman–Crippen LogP) is 1.31. The van der Waals surface area contributed by atoms with Gasteiger partial charge in [0.15, 0.2) is 0 Å². The standard InChI is InChI=1S/C9H9F3N4/c10-9(11,12)7-3-1-2-6(4-7)5-15-16-8(13)14/h1-5H,(H4,13,14,16). The molecule has 86 valence electrons. The molecule has 0 spiro atoms. The number of halogens is 3. The van der Waals surface area contributed by atoms with E-state index in [0.29, 0.717) is 0 Å². The van der Waals surface area contributed by atoms with E-state index >= 15 is 0 Å². The van der Waals surface area contributed by atoms with Gasteiger partial charge in [-0.1, -0.05) is 12.1 Å². The highest BCUT2D eigenvalue weighted by atomic mass is 19.4. The van der Waals surface area contributed by atoms with Gasteiger partial charge in [0.2, 0.25) is 5.96 Å². The Morgan fingerprint density at radius 1 is 1.25 bits per heavy atom. The minimum Gasteiger partial charge on any atom is -0.369 e. The number of guanidine groups is 1. The number of rotatable bonds is 2. The van der Waals surface area contributed by atoms with E-state index in [1.54, 1.807) is 0 Å². The molecule has 0 aliphatic carbocycles. The molecule has 0 amide bonds. The molecule has 0 bridgehead atoms. The lowest BCUT2D eigenvalue weighted by Crippen LogP contribution is -2.21. The fraction of sp³-hybridized carbons (Fsp3) is 0.111. The SMILES string of the molecule is NC(N)=NN=Cc1cccc(C(F)(F)F)c1. The zero-order chi connectivity index (χ0) is 12.2. The summed E-state index contributed by atoms with van der Waals surface area (Å²) in [5.74, 6) is -0.261. The van der Waals surface area contributed by atoms with Crippen LogP contribution in [0, 0.1) is 0 Å². The lowest BCUT2D eigenvalue weighted by Gasteiger charge is -2.06. The van der Waals surface area contributed by atoms with Crippen molar-refractivity contribution in [3.05, 3.63) is 35.4 Å². The lowest BCUT2D eigenvalue weighted by atomic mass is 10.1. The average molecular weight is 230 g/mol.